The molecule has 0 saturated heterocycles. The fourth-order valence-corrected chi connectivity index (χ4v) is 1.73. The highest BCUT2D eigenvalue weighted by atomic mass is 35.5. The lowest BCUT2D eigenvalue weighted by molar-refractivity contribution is 0.0945. The molecule has 0 aliphatic rings. The first kappa shape index (κ1) is 13.5. The summed E-state index contributed by atoms with van der Waals surface area (Å²) in [6.07, 6.45) is 5.09. The molecule has 2 N–H and O–H groups in total. The van der Waals surface area contributed by atoms with Crippen LogP contribution < -0.4 is 5.32 Å². The maximum Gasteiger partial charge on any atom is 0.271 e. The summed E-state index contributed by atoms with van der Waals surface area (Å²) in [4.78, 5) is 23.3. The second kappa shape index (κ2) is 5.84. The van der Waals surface area contributed by atoms with E-state index in [0.717, 1.165) is 5.56 Å². The number of nitrogens with zero attached hydrogens (tertiary/aromatic N) is 2. The lowest BCUT2D eigenvalue weighted by atomic mass is 10.2. The van der Waals surface area contributed by atoms with Crippen molar-refractivity contribution in [3.05, 3.63) is 46.8 Å². The number of carbonyl (C=O) groups excluding carboxylic acids is 1. The number of carbonyl (C=O) groups is 1. The van der Waals surface area contributed by atoms with Gasteiger partial charge >= 0.3 is 0 Å². The topological polar surface area (TPSA) is 70.7 Å². The Hall–Kier alpha value is -1.88. The minimum absolute atomic E-state index is 0.147. The number of nitrogens with one attached hydrogen (secondary N) is 2. The van der Waals surface area contributed by atoms with Crippen molar-refractivity contribution in [1.29, 1.82) is 0 Å². The quantitative estimate of drug-likeness (QED) is 0.903. The molecule has 2 aromatic rings. The molecule has 0 atom stereocenters. The van der Waals surface area contributed by atoms with E-state index in [-0.39, 0.29) is 22.5 Å². The molecule has 0 spiro atoms. The molecule has 0 aromatic carbocycles. The maximum absolute atomic E-state index is 12.0. The van der Waals surface area contributed by atoms with Crippen molar-refractivity contribution in [1.82, 2.24) is 20.3 Å². The zero-order valence-corrected chi connectivity index (χ0v) is 11.5. The van der Waals surface area contributed by atoms with Crippen molar-refractivity contribution in [2.75, 3.05) is 0 Å². The van der Waals surface area contributed by atoms with Crippen LogP contribution in [0.3, 0.4) is 0 Å². The monoisotopic (exact) mass is 278 g/mol. The first-order valence-electron chi connectivity index (χ1n) is 6.00. The number of amides is 1. The van der Waals surface area contributed by atoms with Crippen LogP contribution in [0, 0.1) is 0 Å². The van der Waals surface area contributed by atoms with E-state index in [9.17, 15) is 4.79 Å². The Balaban J connectivity index is 2.11. The van der Waals surface area contributed by atoms with Gasteiger partial charge in [0.05, 0.1) is 11.2 Å². The summed E-state index contributed by atoms with van der Waals surface area (Å²) in [5.41, 5.74) is 1.21. The third-order valence-electron chi connectivity index (χ3n) is 2.61. The number of halogens is 1. The van der Waals surface area contributed by atoms with Gasteiger partial charge in [-0.1, -0.05) is 25.4 Å². The van der Waals surface area contributed by atoms with E-state index in [1.807, 2.05) is 26.1 Å². The Morgan fingerprint density at radius 3 is 2.95 bits per heavy atom. The molecule has 0 aliphatic carbocycles. The summed E-state index contributed by atoms with van der Waals surface area (Å²) in [6.45, 7) is 4.36. The van der Waals surface area contributed by atoms with Crippen molar-refractivity contribution >= 4 is 17.5 Å². The highest BCUT2D eigenvalue weighted by Crippen LogP contribution is 2.16. The van der Waals surface area contributed by atoms with Crippen LogP contribution in [0.5, 0.6) is 0 Å². The van der Waals surface area contributed by atoms with E-state index in [4.69, 9.17) is 11.6 Å². The molecule has 100 valence electrons. The lowest BCUT2D eigenvalue weighted by Gasteiger charge is -2.08. The number of aromatic amines is 1. The third kappa shape index (κ3) is 3.32. The van der Waals surface area contributed by atoms with Gasteiger partial charge in [-0.2, -0.15) is 0 Å². The molecular formula is C13H15ClN4O. The average Bonchev–Trinajstić information content (AvgIpc) is 2.89. The summed E-state index contributed by atoms with van der Waals surface area (Å²) in [6, 6.07) is 1.89. The van der Waals surface area contributed by atoms with Gasteiger partial charge in [-0.05, 0) is 11.6 Å². The van der Waals surface area contributed by atoms with Crippen molar-refractivity contribution in [2.45, 2.75) is 26.3 Å². The minimum atomic E-state index is -0.296. The van der Waals surface area contributed by atoms with Crippen LogP contribution in [0.4, 0.5) is 0 Å². The number of H-pyrrole nitrogens is 1. The molecule has 1 amide bonds. The lowest BCUT2D eigenvalue weighted by Crippen LogP contribution is -2.24. The van der Waals surface area contributed by atoms with Gasteiger partial charge in [0, 0.05) is 24.9 Å². The van der Waals surface area contributed by atoms with Crippen LogP contribution in [0.1, 0.15) is 41.6 Å². The van der Waals surface area contributed by atoms with Crippen LogP contribution in [0.15, 0.2) is 24.7 Å². The first-order valence-corrected chi connectivity index (χ1v) is 6.38. The predicted molar refractivity (Wildman–Crippen MR) is 73.1 cm³/mol. The Morgan fingerprint density at radius 1 is 1.53 bits per heavy atom. The van der Waals surface area contributed by atoms with E-state index in [0.29, 0.717) is 12.4 Å². The molecule has 2 heterocycles. The van der Waals surface area contributed by atoms with Crippen molar-refractivity contribution in [2.24, 2.45) is 0 Å². The molecular weight excluding hydrogens is 264 g/mol. The SMILES string of the molecule is CC(C)c1ncc(Cl)c(C(=O)NCc2cc[nH]c2)n1. The highest BCUT2D eigenvalue weighted by molar-refractivity contribution is 6.33. The van der Waals surface area contributed by atoms with Gasteiger partial charge in [0.2, 0.25) is 0 Å². The molecule has 0 bridgehead atoms. The van der Waals surface area contributed by atoms with Gasteiger partial charge in [0.1, 0.15) is 11.5 Å². The summed E-state index contributed by atoms with van der Waals surface area (Å²) in [7, 11) is 0. The van der Waals surface area contributed by atoms with Crippen LogP contribution in [0.2, 0.25) is 5.02 Å². The normalized spacial score (nSPS) is 10.7. The van der Waals surface area contributed by atoms with Crippen molar-refractivity contribution < 1.29 is 4.79 Å². The molecule has 2 rings (SSSR count). The zero-order valence-electron chi connectivity index (χ0n) is 10.8. The Labute approximate surface area is 116 Å². The first-order chi connectivity index (χ1) is 9.08. The molecule has 0 saturated carbocycles. The van der Waals surface area contributed by atoms with E-state index >= 15 is 0 Å². The maximum atomic E-state index is 12.0. The standard InChI is InChI=1S/C13H15ClN4O/c1-8(2)12-16-7-10(14)11(18-12)13(19)17-6-9-3-4-15-5-9/h3-5,7-8,15H,6H2,1-2H3,(H,17,19). The van der Waals surface area contributed by atoms with Crippen LogP contribution in [0.25, 0.3) is 0 Å². The Morgan fingerprint density at radius 2 is 2.32 bits per heavy atom. The molecule has 2 aromatic heterocycles. The molecule has 0 unspecified atom stereocenters. The van der Waals surface area contributed by atoms with Gasteiger partial charge in [-0.15, -0.1) is 0 Å². The molecule has 0 aliphatic heterocycles. The summed E-state index contributed by atoms with van der Waals surface area (Å²) in [5.74, 6) is 0.459. The summed E-state index contributed by atoms with van der Waals surface area (Å²) >= 11 is 5.96. The van der Waals surface area contributed by atoms with Gasteiger partial charge in [-0.3, -0.25) is 4.79 Å². The fraction of sp³-hybridized carbons (Fsp3) is 0.308. The third-order valence-corrected chi connectivity index (χ3v) is 2.89. The van der Waals surface area contributed by atoms with Crippen molar-refractivity contribution in [3.63, 3.8) is 0 Å². The molecule has 6 heteroatoms. The van der Waals surface area contributed by atoms with E-state index in [1.165, 1.54) is 6.20 Å². The highest BCUT2D eigenvalue weighted by Gasteiger charge is 2.15. The van der Waals surface area contributed by atoms with Gasteiger partial charge in [0.25, 0.3) is 5.91 Å². The summed E-state index contributed by atoms with van der Waals surface area (Å²) < 4.78 is 0. The number of aromatic nitrogens is 3. The second-order valence-electron chi connectivity index (χ2n) is 4.48. The smallest absolute Gasteiger partial charge is 0.271 e. The number of rotatable bonds is 4. The Kier molecular flexibility index (Phi) is 4.16. The fourth-order valence-electron chi connectivity index (χ4n) is 1.55. The van der Waals surface area contributed by atoms with E-state index < -0.39 is 0 Å². The van der Waals surface area contributed by atoms with Crippen LogP contribution in [-0.2, 0) is 6.54 Å². The van der Waals surface area contributed by atoms with Crippen molar-refractivity contribution in [3.8, 4) is 0 Å². The van der Waals surface area contributed by atoms with Crippen LogP contribution >= 0.6 is 11.6 Å². The molecule has 0 radical (unpaired) electrons. The summed E-state index contributed by atoms with van der Waals surface area (Å²) in [5, 5.41) is 3.03. The molecule has 0 fully saturated rings. The second-order valence-corrected chi connectivity index (χ2v) is 4.89. The molecule has 5 nitrogen and oxygen atoms in total. The minimum Gasteiger partial charge on any atom is -0.367 e. The zero-order chi connectivity index (χ0) is 13.8. The van der Waals surface area contributed by atoms with Gasteiger partial charge < -0.3 is 10.3 Å². The van der Waals surface area contributed by atoms with Gasteiger partial charge in [-0.25, -0.2) is 9.97 Å². The largest absolute Gasteiger partial charge is 0.367 e. The van der Waals surface area contributed by atoms with E-state index in [2.05, 4.69) is 20.3 Å². The molecule has 19 heavy (non-hydrogen) atoms. The van der Waals surface area contributed by atoms with E-state index in [1.54, 1.807) is 6.20 Å². The number of hydrogen-bond acceptors (Lipinski definition) is 3. The number of hydrogen-bond donors (Lipinski definition) is 2. The average molecular weight is 279 g/mol. The van der Waals surface area contributed by atoms with Gasteiger partial charge in [0.15, 0.2) is 0 Å². The van der Waals surface area contributed by atoms with Crippen LogP contribution in [-0.4, -0.2) is 20.9 Å². The Bertz CT molecular complexity index is 566. The predicted octanol–water partition coefficient (Wildman–Crippen LogP) is 2.51.